The molecule has 1 N–H and O–H groups in total. The summed E-state index contributed by atoms with van der Waals surface area (Å²) in [5.41, 5.74) is 2.19. The number of ether oxygens (including phenoxy) is 1. The molecule has 20 heavy (non-hydrogen) atoms. The molecule has 1 atom stereocenters. The minimum absolute atomic E-state index is 0.114. The van der Waals surface area contributed by atoms with E-state index in [1.54, 1.807) is 12.1 Å². The van der Waals surface area contributed by atoms with Gasteiger partial charge in [0.2, 0.25) is 0 Å². The lowest BCUT2D eigenvalue weighted by atomic mass is 10.1. The van der Waals surface area contributed by atoms with Gasteiger partial charge in [-0.15, -0.1) is 0 Å². The van der Waals surface area contributed by atoms with Crippen molar-refractivity contribution in [3.63, 3.8) is 0 Å². The Labute approximate surface area is 127 Å². The number of benzene rings is 2. The Balaban J connectivity index is 2.03. The van der Waals surface area contributed by atoms with Gasteiger partial charge >= 0.3 is 0 Å². The fourth-order valence-corrected chi connectivity index (χ4v) is 2.43. The molecular weight excluding hydrogens is 321 g/mol. The van der Waals surface area contributed by atoms with Crippen molar-refractivity contribution in [1.82, 2.24) is 5.32 Å². The van der Waals surface area contributed by atoms with Gasteiger partial charge in [0.05, 0.1) is 7.11 Å². The van der Waals surface area contributed by atoms with Crippen LogP contribution in [0.5, 0.6) is 5.75 Å². The van der Waals surface area contributed by atoms with Crippen LogP contribution in [0.3, 0.4) is 0 Å². The second-order valence-corrected chi connectivity index (χ2v) is 5.54. The van der Waals surface area contributed by atoms with Crippen LogP contribution < -0.4 is 10.1 Å². The maximum absolute atomic E-state index is 13.4. The first-order chi connectivity index (χ1) is 9.60. The third kappa shape index (κ3) is 3.81. The normalized spacial score (nSPS) is 12.2. The van der Waals surface area contributed by atoms with Gasteiger partial charge in [-0.25, -0.2) is 4.39 Å². The van der Waals surface area contributed by atoms with Gasteiger partial charge in [0.1, 0.15) is 0 Å². The number of methoxy groups -OCH3 is 1. The summed E-state index contributed by atoms with van der Waals surface area (Å²) in [4.78, 5) is 0. The molecule has 0 bridgehead atoms. The summed E-state index contributed by atoms with van der Waals surface area (Å²) in [5.74, 6) is -0.0611. The van der Waals surface area contributed by atoms with Crippen LogP contribution in [-0.2, 0) is 6.54 Å². The molecule has 0 amide bonds. The molecule has 2 rings (SSSR count). The van der Waals surface area contributed by atoms with Crippen molar-refractivity contribution in [1.29, 1.82) is 0 Å². The zero-order valence-electron chi connectivity index (χ0n) is 11.5. The van der Waals surface area contributed by atoms with Gasteiger partial charge in [0.15, 0.2) is 11.6 Å². The van der Waals surface area contributed by atoms with E-state index >= 15 is 0 Å². The van der Waals surface area contributed by atoms with Crippen LogP contribution in [0.25, 0.3) is 0 Å². The van der Waals surface area contributed by atoms with Gasteiger partial charge in [-0.05, 0) is 42.3 Å². The van der Waals surface area contributed by atoms with E-state index in [4.69, 9.17) is 4.74 Å². The second kappa shape index (κ2) is 6.86. The van der Waals surface area contributed by atoms with E-state index in [1.807, 2.05) is 19.1 Å². The summed E-state index contributed by atoms with van der Waals surface area (Å²) in [5, 5.41) is 3.41. The van der Waals surface area contributed by atoms with E-state index in [9.17, 15) is 4.39 Å². The quantitative estimate of drug-likeness (QED) is 0.870. The minimum atomic E-state index is -0.338. The van der Waals surface area contributed by atoms with Crippen molar-refractivity contribution in [2.45, 2.75) is 19.5 Å². The van der Waals surface area contributed by atoms with Crippen LogP contribution in [0.2, 0.25) is 0 Å². The predicted octanol–water partition coefficient (Wildman–Crippen LogP) is 4.45. The summed E-state index contributed by atoms with van der Waals surface area (Å²) in [6.07, 6.45) is 0. The first-order valence-electron chi connectivity index (χ1n) is 6.41. The Morgan fingerprint density at radius 3 is 2.75 bits per heavy atom. The van der Waals surface area contributed by atoms with Crippen LogP contribution in [0.4, 0.5) is 4.39 Å². The fraction of sp³-hybridized carbons (Fsp3) is 0.250. The largest absolute Gasteiger partial charge is 0.494 e. The molecule has 2 aromatic rings. The SMILES string of the molecule is COc1cc(C(C)NCc2cccc(Br)c2)ccc1F. The molecule has 0 saturated heterocycles. The Morgan fingerprint density at radius 2 is 2.05 bits per heavy atom. The molecule has 0 fully saturated rings. The number of hydrogen-bond acceptors (Lipinski definition) is 2. The third-order valence-corrected chi connectivity index (χ3v) is 3.67. The average molecular weight is 338 g/mol. The summed E-state index contributed by atoms with van der Waals surface area (Å²) in [6, 6.07) is 13.2. The topological polar surface area (TPSA) is 21.3 Å². The smallest absolute Gasteiger partial charge is 0.165 e. The van der Waals surface area contributed by atoms with Gasteiger partial charge in [-0.3, -0.25) is 0 Å². The highest BCUT2D eigenvalue weighted by Gasteiger charge is 2.09. The van der Waals surface area contributed by atoms with Crippen molar-refractivity contribution in [2.75, 3.05) is 7.11 Å². The van der Waals surface area contributed by atoms with E-state index in [0.29, 0.717) is 0 Å². The Bertz CT molecular complexity index is 588. The minimum Gasteiger partial charge on any atom is -0.494 e. The van der Waals surface area contributed by atoms with Gasteiger partial charge in [-0.1, -0.05) is 34.1 Å². The van der Waals surface area contributed by atoms with Gasteiger partial charge < -0.3 is 10.1 Å². The molecule has 2 aromatic carbocycles. The van der Waals surface area contributed by atoms with Crippen LogP contribution in [0.1, 0.15) is 24.1 Å². The van der Waals surface area contributed by atoms with Crippen LogP contribution in [0.15, 0.2) is 46.9 Å². The van der Waals surface area contributed by atoms with Crippen LogP contribution in [0, 0.1) is 5.82 Å². The maximum Gasteiger partial charge on any atom is 0.165 e. The fourth-order valence-electron chi connectivity index (χ4n) is 1.98. The zero-order valence-corrected chi connectivity index (χ0v) is 13.1. The molecule has 1 unspecified atom stereocenters. The van der Waals surface area contributed by atoms with Gasteiger partial charge in [0.25, 0.3) is 0 Å². The van der Waals surface area contributed by atoms with Crippen molar-refractivity contribution < 1.29 is 9.13 Å². The molecule has 2 nitrogen and oxygen atoms in total. The molecular formula is C16H17BrFNO. The van der Waals surface area contributed by atoms with E-state index in [0.717, 1.165) is 16.6 Å². The van der Waals surface area contributed by atoms with E-state index in [2.05, 4.69) is 33.4 Å². The molecule has 0 aliphatic rings. The Kier molecular flexibility index (Phi) is 5.15. The highest BCUT2D eigenvalue weighted by atomic mass is 79.9. The van der Waals surface area contributed by atoms with Gasteiger partial charge in [-0.2, -0.15) is 0 Å². The summed E-state index contributed by atoms with van der Waals surface area (Å²) >= 11 is 3.45. The standard InChI is InChI=1S/C16H17BrFNO/c1-11(13-6-7-15(18)16(9-13)20-2)19-10-12-4-3-5-14(17)8-12/h3-9,11,19H,10H2,1-2H3. The van der Waals surface area contributed by atoms with E-state index < -0.39 is 0 Å². The Morgan fingerprint density at radius 1 is 1.25 bits per heavy atom. The first-order valence-corrected chi connectivity index (χ1v) is 7.20. The highest BCUT2D eigenvalue weighted by molar-refractivity contribution is 9.10. The number of nitrogens with one attached hydrogen (secondary N) is 1. The molecule has 0 aliphatic carbocycles. The summed E-state index contributed by atoms with van der Waals surface area (Å²) in [6.45, 7) is 2.80. The average Bonchev–Trinajstić information content (AvgIpc) is 2.45. The third-order valence-electron chi connectivity index (χ3n) is 3.18. The zero-order chi connectivity index (χ0) is 14.5. The highest BCUT2D eigenvalue weighted by Crippen LogP contribution is 2.22. The lowest BCUT2D eigenvalue weighted by Gasteiger charge is -2.15. The van der Waals surface area contributed by atoms with Crippen LogP contribution in [-0.4, -0.2) is 7.11 Å². The summed E-state index contributed by atoms with van der Waals surface area (Å²) in [7, 11) is 1.47. The number of halogens is 2. The maximum atomic E-state index is 13.4. The monoisotopic (exact) mass is 337 g/mol. The van der Waals surface area contributed by atoms with Crippen molar-refractivity contribution in [3.8, 4) is 5.75 Å². The first kappa shape index (κ1) is 15.0. The molecule has 0 heterocycles. The Hall–Kier alpha value is -1.39. The van der Waals surface area contributed by atoms with E-state index in [1.165, 1.54) is 18.7 Å². The number of hydrogen-bond donors (Lipinski definition) is 1. The molecule has 0 saturated carbocycles. The lowest BCUT2D eigenvalue weighted by Crippen LogP contribution is -2.18. The molecule has 0 aromatic heterocycles. The summed E-state index contributed by atoms with van der Waals surface area (Å²) < 4.78 is 19.4. The molecule has 0 aliphatic heterocycles. The molecule has 0 radical (unpaired) electrons. The van der Waals surface area contributed by atoms with E-state index in [-0.39, 0.29) is 17.6 Å². The molecule has 4 heteroatoms. The van der Waals surface area contributed by atoms with Crippen molar-refractivity contribution in [3.05, 3.63) is 63.9 Å². The second-order valence-electron chi connectivity index (χ2n) is 4.63. The van der Waals surface area contributed by atoms with Crippen molar-refractivity contribution >= 4 is 15.9 Å². The van der Waals surface area contributed by atoms with Gasteiger partial charge in [0, 0.05) is 17.1 Å². The van der Waals surface area contributed by atoms with Crippen LogP contribution >= 0.6 is 15.9 Å². The molecule has 0 spiro atoms. The predicted molar refractivity (Wildman–Crippen MR) is 82.3 cm³/mol. The number of rotatable bonds is 5. The lowest BCUT2D eigenvalue weighted by molar-refractivity contribution is 0.385. The molecule has 106 valence electrons. The van der Waals surface area contributed by atoms with Crippen molar-refractivity contribution in [2.24, 2.45) is 0 Å².